The number of nitrogens with one attached hydrogen (secondary N) is 1. The summed E-state index contributed by atoms with van der Waals surface area (Å²) in [6.45, 7) is 8.51. The van der Waals surface area contributed by atoms with Crippen molar-refractivity contribution in [3.05, 3.63) is 35.9 Å². The Hall–Kier alpha value is -1.22. The second-order valence-electron chi connectivity index (χ2n) is 6.29. The zero-order valence-corrected chi connectivity index (χ0v) is 13.7. The fraction of sp³-hybridized carbons (Fsp3) is 0.471. The van der Waals surface area contributed by atoms with E-state index < -0.39 is 0 Å². The largest absolute Gasteiger partial charge is 0.326 e. The van der Waals surface area contributed by atoms with Gasteiger partial charge in [0.25, 0.3) is 0 Å². The third kappa shape index (κ3) is 3.09. The zero-order valence-electron chi connectivity index (χ0n) is 12.9. The number of hydrogen-bond acceptors (Lipinski definition) is 2. The molecule has 0 saturated heterocycles. The second kappa shape index (κ2) is 5.65. The van der Waals surface area contributed by atoms with Crippen molar-refractivity contribution in [2.45, 2.75) is 32.6 Å². The quantitative estimate of drug-likeness (QED) is 0.649. The molecule has 1 aromatic rings. The van der Waals surface area contributed by atoms with Gasteiger partial charge >= 0.3 is 0 Å². The summed E-state index contributed by atoms with van der Waals surface area (Å²) in [6, 6.07) is 8.00. The SMILES string of the molecule is CSc1cccc(NC(=O)[C@@H]2[C@H](C=C(C)C)C2(C)C)c1. The van der Waals surface area contributed by atoms with Gasteiger partial charge in [-0.3, -0.25) is 4.79 Å². The van der Waals surface area contributed by atoms with Crippen molar-refractivity contribution in [2.24, 2.45) is 17.3 Å². The van der Waals surface area contributed by atoms with Gasteiger partial charge in [0, 0.05) is 10.6 Å². The number of rotatable bonds is 4. The molecule has 1 fully saturated rings. The number of allylic oxidation sites excluding steroid dienone is 2. The number of carbonyl (C=O) groups is 1. The monoisotopic (exact) mass is 289 g/mol. The number of hydrogen-bond donors (Lipinski definition) is 1. The van der Waals surface area contributed by atoms with E-state index in [9.17, 15) is 4.79 Å². The van der Waals surface area contributed by atoms with Crippen LogP contribution in [0.1, 0.15) is 27.7 Å². The van der Waals surface area contributed by atoms with Crippen LogP contribution in [-0.2, 0) is 4.79 Å². The van der Waals surface area contributed by atoms with Crippen LogP contribution >= 0.6 is 11.8 Å². The zero-order chi connectivity index (χ0) is 14.9. The van der Waals surface area contributed by atoms with Crippen molar-refractivity contribution in [1.82, 2.24) is 0 Å². The molecular formula is C17H23NOS. The van der Waals surface area contributed by atoms with Crippen LogP contribution in [0, 0.1) is 17.3 Å². The average Bonchev–Trinajstić information content (AvgIpc) is 2.90. The number of benzene rings is 1. The Morgan fingerprint density at radius 3 is 2.65 bits per heavy atom. The van der Waals surface area contributed by atoms with E-state index in [1.54, 1.807) is 11.8 Å². The molecular weight excluding hydrogens is 266 g/mol. The van der Waals surface area contributed by atoms with Gasteiger partial charge in [-0.15, -0.1) is 11.8 Å². The Morgan fingerprint density at radius 1 is 1.35 bits per heavy atom. The molecule has 1 N–H and O–H groups in total. The fourth-order valence-corrected chi connectivity index (χ4v) is 3.23. The molecule has 20 heavy (non-hydrogen) atoms. The summed E-state index contributed by atoms with van der Waals surface area (Å²) in [4.78, 5) is 13.6. The number of anilines is 1. The molecule has 2 atom stereocenters. The highest BCUT2D eigenvalue weighted by Gasteiger charge is 2.60. The summed E-state index contributed by atoms with van der Waals surface area (Å²) in [6.07, 6.45) is 4.26. The van der Waals surface area contributed by atoms with E-state index in [4.69, 9.17) is 0 Å². The first-order valence-electron chi connectivity index (χ1n) is 6.96. The predicted molar refractivity (Wildman–Crippen MR) is 87.0 cm³/mol. The molecule has 1 aliphatic carbocycles. The van der Waals surface area contributed by atoms with Gasteiger partial charge in [0.1, 0.15) is 0 Å². The number of carbonyl (C=O) groups excluding carboxylic acids is 1. The van der Waals surface area contributed by atoms with Crippen molar-refractivity contribution in [3.63, 3.8) is 0 Å². The minimum atomic E-state index is 0.0679. The molecule has 0 spiro atoms. The molecule has 2 rings (SSSR count). The maximum absolute atomic E-state index is 12.4. The van der Waals surface area contributed by atoms with E-state index in [0.717, 1.165) is 5.69 Å². The van der Waals surface area contributed by atoms with Gasteiger partial charge in [-0.1, -0.05) is 31.6 Å². The van der Waals surface area contributed by atoms with Crippen molar-refractivity contribution < 1.29 is 4.79 Å². The van der Waals surface area contributed by atoms with Crippen LogP contribution in [-0.4, -0.2) is 12.2 Å². The molecule has 0 unspecified atom stereocenters. The van der Waals surface area contributed by atoms with Crippen molar-refractivity contribution in [1.29, 1.82) is 0 Å². The first-order chi connectivity index (χ1) is 9.36. The van der Waals surface area contributed by atoms with E-state index in [0.29, 0.717) is 5.92 Å². The van der Waals surface area contributed by atoms with E-state index in [1.165, 1.54) is 10.5 Å². The van der Waals surface area contributed by atoms with Gasteiger partial charge in [0.05, 0.1) is 5.92 Å². The highest BCUT2D eigenvalue weighted by Crippen LogP contribution is 2.59. The minimum absolute atomic E-state index is 0.0679. The molecule has 0 aromatic heterocycles. The second-order valence-corrected chi connectivity index (χ2v) is 7.17. The summed E-state index contributed by atoms with van der Waals surface area (Å²) in [7, 11) is 0. The first-order valence-corrected chi connectivity index (χ1v) is 8.18. The lowest BCUT2D eigenvalue weighted by Crippen LogP contribution is -2.16. The first kappa shape index (κ1) is 15.2. The third-order valence-electron chi connectivity index (χ3n) is 4.04. The fourth-order valence-electron chi connectivity index (χ4n) is 2.77. The van der Waals surface area contributed by atoms with E-state index in [-0.39, 0.29) is 17.2 Å². The molecule has 2 nitrogen and oxygen atoms in total. The Labute approximate surface area is 126 Å². The normalized spacial score (nSPS) is 23.1. The topological polar surface area (TPSA) is 29.1 Å². The van der Waals surface area contributed by atoms with Crippen LogP contribution in [0.3, 0.4) is 0 Å². The van der Waals surface area contributed by atoms with Gasteiger partial charge < -0.3 is 5.32 Å². The van der Waals surface area contributed by atoms with Gasteiger partial charge in [-0.25, -0.2) is 0 Å². The molecule has 1 aliphatic rings. The number of amides is 1. The van der Waals surface area contributed by atoms with Crippen LogP contribution in [0.5, 0.6) is 0 Å². The molecule has 1 saturated carbocycles. The van der Waals surface area contributed by atoms with Gasteiger partial charge in [0.15, 0.2) is 0 Å². The van der Waals surface area contributed by atoms with Crippen LogP contribution in [0.2, 0.25) is 0 Å². The van der Waals surface area contributed by atoms with E-state index in [2.05, 4.69) is 39.1 Å². The maximum atomic E-state index is 12.4. The van der Waals surface area contributed by atoms with Crippen LogP contribution < -0.4 is 5.32 Å². The Balaban J connectivity index is 2.08. The molecule has 0 heterocycles. The highest BCUT2D eigenvalue weighted by molar-refractivity contribution is 7.98. The van der Waals surface area contributed by atoms with Crippen molar-refractivity contribution in [2.75, 3.05) is 11.6 Å². The van der Waals surface area contributed by atoms with Gasteiger partial charge in [0.2, 0.25) is 5.91 Å². The minimum Gasteiger partial charge on any atom is -0.326 e. The van der Waals surface area contributed by atoms with Gasteiger partial charge in [-0.05, 0) is 49.6 Å². The Bertz CT molecular complexity index is 544. The summed E-state index contributed by atoms with van der Waals surface area (Å²) >= 11 is 1.68. The molecule has 0 radical (unpaired) electrons. The molecule has 3 heteroatoms. The summed E-state index contributed by atoms with van der Waals surface area (Å²) < 4.78 is 0. The van der Waals surface area contributed by atoms with E-state index in [1.807, 2.05) is 30.5 Å². The molecule has 108 valence electrons. The Kier molecular flexibility index (Phi) is 4.28. The summed E-state index contributed by atoms with van der Waals surface area (Å²) in [5.74, 6) is 0.572. The lowest BCUT2D eigenvalue weighted by atomic mass is 10.1. The third-order valence-corrected chi connectivity index (χ3v) is 4.77. The van der Waals surface area contributed by atoms with E-state index >= 15 is 0 Å². The summed E-state index contributed by atoms with van der Waals surface area (Å²) in [5, 5.41) is 3.06. The smallest absolute Gasteiger partial charge is 0.228 e. The molecule has 1 aromatic carbocycles. The predicted octanol–water partition coefficient (Wildman–Crippen LogP) is 4.59. The van der Waals surface area contributed by atoms with Crippen LogP contribution in [0.4, 0.5) is 5.69 Å². The summed E-state index contributed by atoms with van der Waals surface area (Å²) in [5.41, 5.74) is 2.24. The Morgan fingerprint density at radius 2 is 2.05 bits per heavy atom. The lowest BCUT2D eigenvalue weighted by molar-refractivity contribution is -0.118. The highest BCUT2D eigenvalue weighted by atomic mass is 32.2. The maximum Gasteiger partial charge on any atom is 0.228 e. The average molecular weight is 289 g/mol. The molecule has 0 aliphatic heterocycles. The van der Waals surface area contributed by atoms with Crippen molar-refractivity contribution >= 4 is 23.4 Å². The molecule has 0 bridgehead atoms. The number of thioether (sulfide) groups is 1. The van der Waals surface area contributed by atoms with Gasteiger partial charge in [-0.2, -0.15) is 0 Å². The van der Waals surface area contributed by atoms with Crippen molar-refractivity contribution in [3.8, 4) is 0 Å². The standard InChI is InChI=1S/C17H23NOS/c1-11(2)9-14-15(17(14,3)4)16(19)18-12-7-6-8-13(10-12)20-5/h6-10,14-15H,1-5H3,(H,18,19)/t14-,15-/m0/s1. The molecule has 1 amide bonds. The van der Waals surface area contributed by atoms with Crippen LogP contribution in [0.25, 0.3) is 0 Å². The van der Waals surface area contributed by atoms with Crippen LogP contribution in [0.15, 0.2) is 40.8 Å². The lowest BCUT2D eigenvalue weighted by Gasteiger charge is -2.07.